The second-order valence-corrected chi connectivity index (χ2v) is 6.13. The minimum Gasteiger partial charge on any atom is -0.472 e. The number of carbonyl (C=O) groups is 1. The van der Waals surface area contributed by atoms with Gasteiger partial charge in [0.1, 0.15) is 0 Å². The molecule has 1 aromatic rings. The standard InChI is InChI=1S/C13H17ClN2O2S/c1-9-7-11(3-4-12(9)14)15-5-6-16(10(2)8-15)19-13(17)18/h3-4,7,10H,5-6,8H2,1-2H3,(H,17,18)/t10-/m1/s1. The summed E-state index contributed by atoms with van der Waals surface area (Å²) in [5, 5.41) is 8.76. The number of hydrogen-bond donors (Lipinski definition) is 1. The number of carboxylic acid groups (broad SMARTS) is 1. The summed E-state index contributed by atoms with van der Waals surface area (Å²) in [5.74, 6) is 0. The van der Waals surface area contributed by atoms with E-state index in [9.17, 15) is 4.79 Å². The average molecular weight is 301 g/mol. The Morgan fingerprint density at radius 3 is 2.79 bits per heavy atom. The second-order valence-electron chi connectivity index (χ2n) is 4.73. The molecule has 2 rings (SSSR count). The minimum absolute atomic E-state index is 0.200. The number of nitrogens with zero attached hydrogens (tertiary/aromatic N) is 2. The first-order valence-corrected chi connectivity index (χ1v) is 7.31. The predicted molar refractivity (Wildman–Crippen MR) is 80.2 cm³/mol. The van der Waals surface area contributed by atoms with Crippen LogP contribution < -0.4 is 4.90 Å². The summed E-state index contributed by atoms with van der Waals surface area (Å²) in [7, 11) is 0. The van der Waals surface area contributed by atoms with E-state index >= 15 is 0 Å². The van der Waals surface area contributed by atoms with E-state index < -0.39 is 5.30 Å². The molecule has 0 bridgehead atoms. The van der Waals surface area contributed by atoms with Crippen LogP contribution in [0.1, 0.15) is 12.5 Å². The number of rotatable bonds is 2. The highest BCUT2D eigenvalue weighted by Crippen LogP contribution is 2.26. The molecule has 0 saturated carbocycles. The lowest BCUT2D eigenvalue weighted by Crippen LogP contribution is -2.49. The first-order valence-electron chi connectivity index (χ1n) is 6.16. The fourth-order valence-electron chi connectivity index (χ4n) is 2.24. The molecule has 0 amide bonds. The highest BCUT2D eigenvalue weighted by Gasteiger charge is 2.26. The highest BCUT2D eigenvalue weighted by atomic mass is 35.5. The minimum atomic E-state index is -0.845. The molecule has 6 heteroatoms. The van der Waals surface area contributed by atoms with Gasteiger partial charge < -0.3 is 10.0 Å². The van der Waals surface area contributed by atoms with E-state index in [1.54, 1.807) is 0 Å². The van der Waals surface area contributed by atoms with E-state index in [-0.39, 0.29) is 6.04 Å². The molecule has 104 valence electrons. The Hall–Kier alpha value is -0.910. The lowest BCUT2D eigenvalue weighted by Gasteiger charge is -2.39. The molecule has 0 aliphatic carbocycles. The van der Waals surface area contributed by atoms with Crippen molar-refractivity contribution in [3.8, 4) is 0 Å². The number of benzene rings is 1. The summed E-state index contributed by atoms with van der Waals surface area (Å²) in [6, 6.07) is 6.21. The number of hydrogen-bond acceptors (Lipinski definition) is 4. The lowest BCUT2D eigenvalue weighted by atomic mass is 10.1. The lowest BCUT2D eigenvalue weighted by molar-refractivity contribution is 0.219. The molecule has 1 fully saturated rings. The average Bonchev–Trinajstić information content (AvgIpc) is 2.35. The zero-order valence-electron chi connectivity index (χ0n) is 11.0. The zero-order valence-corrected chi connectivity index (χ0v) is 12.5. The van der Waals surface area contributed by atoms with Gasteiger partial charge in [0.15, 0.2) is 0 Å². The molecule has 0 unspecified atom stereocenters. The number of anilines is 1. The Morgan fingerprint density at radius 1 is 1.47 bits per heavy atom. The van der Waals surface area contributed by atoms with Crippen LogP contribution in [-0.4, -0.2) is 40.4 Å². The van der Waals surface area contributed by atoms with Crippen LogP contribution in [0.15, 0.2) is 18.2 Å². The molecule has 1 heterocycles. The summed E-state index contributed by atoms with van der Waals surface area (Å²) < 4.78 is 1.92. The van der Waals surface area contributed by atoms with Crippen molar-refractivity contribution in [2.24, 2.45) is 0 Å². The van der Waals surface area contributed by atoms with E-state index in [0.717, 1.165) is 47.9 Å². The fraction of sp³-hybridized carbons (Fsp3) is 0.462. The molecule has 1 atom stereocenters. The van der Waals surface area contributed by atoms with Crippen LogP contribution in [0.5, 0.6) is 0 Å². The van der Waals surface area contributed by atoms with Crippen molar-refractivity contribution < 1.29 is 9.90 Å². The molecular weight excluding hydrogens is 284 g/mol. The summed E-state index contributed by atoms with van der Waals surface area (Å²) in [4.78, 5) is 13.0. The van der Waals surface area contributed by atoms with Crippen LogP contribution in [0.25, 0.3) is 0 Å². The Morgan fingerprint density at radius 2 is 2.21 bits per heavy atom. The van der Waals surface area contributed by atoms with Gasteiger partial charge in [0, 0.05) is 48.3 Å². The van der Waals surface area contributed by atoms with Crippen molar-refractivity contribution in [3.63, 3.8) is 0 Å². The van der Waals surface area contributed by atoms with Crippen molar-refractivity contribution >= 4 is 34.5 Å². The normalized spacial score (nSPS) is 20.6. The third kappa shape index (κ3) is 3.55. The van der Waals surface area contributed by atoms with Crippen molar-refractivity contribution in [2.45, 2.75) is 19.9 Å². The van der Waals surface area contributed by atoms with Gasteiger partial charge in [-0.15, -0.1) is 0 Å². The van der Waals surface area contributed by atoms with Crippen molar-refractivity contribution in [2.75, 3.05) is 24.5 Å². The van der Waals surface area contributed by atoms with E-state index in [0.29, 0.717) is 0 Å². The van der Waals surface area contributed by atoms with E-state index in [2.05, 4.69) is 11.0 Å². The summed E-state index contributed by atoms with van der Waals surface area (Å²) in [6.07, 6.45) is 0. The summed E-state index contributed by atoms with van der Waals surface area (Å²) in [5.41, 5.74) is 2.21. The molecule has 0 aromatic heterocycles. The van der Waals surface area contributed by atoms with Gasteiger partial charge in [-0.25, -0.2) is 9.10 Å². The monoisotopic (exact) mass is 300 g/mol. The summed E-state index contributed by atoms with van der Waals surface area (Å²) >= 11 is 6.92. The first-order chi connectivity index (χ1) is 8.97. The maximum atomic E-state index is 10.7. The molecule has 0 spiro atoms. The number of piperazine rings is 1. The highest BCUT2D eigenvalue weighted by molar-refractivity contribution is 8.11. The molecule has 0 radical (unpaired) electrons. The van der Waals surface area contributed by atoms with Crippen LogP contribution in [-0.2, 0) is 0 Å². The Bertz CT molecular complexity index is 484. The van der Waals surface area contributed by atoms with Gasteiger partial charge in [-0.2, -0.15) is 0 Å². The molecule has 1 aromatic carbocycles. The van der Waals surface area contributed by atoms with Crippen molar-refractivity contribution in [1.29, 1.82) is 0 Å². The Balaban J connectivity index is 2.05. The predicted octanol–water partition coefficient (Wildman–Crippen LogP) is 3.49. The van der Waals surface area contributed by atoms with E-state index in [1.165, 1.54) is 0 Å². The van der Waals surface area contributed by atoms with Crippen LogP contribution >= 0.6 is 23.5 Å². The van der Waals surface area contributed by atoms with Gasteiger partial charge in [-0.1, -0.05) is 11.6 Å². The van der Waals surface area contributed by atoms with Crippen LogP contribution in [0.2, 0.25) is 5.02 Å². The van der Waals surface area contributed by atoms with Gasteiger partial charge >= 0.3 is 5.30 Å². The van der Waals surface area contributed by atoms with Crippen LogP contribution in [0.4, 0.5) is 10.5 Å². The van der Waals surface area contributed by atoms with Crippen molar-refractivity contribution in [3.05, 3.63) is 28.8 Å². The Kier molecular flexibility index (Phi) is 4.60. The SMILES string of the molecule is Cc1cc(N2CCN(SC(=O)O)[C@H](C)C2)ccc1Cl. The van der Waals surface area contributed by atoms with Gasteiger partial charge in [-0.3, -0.25) is 0 Å². The Labute approximate surface area is 122 Å². The number of halogens is 1. The molecular formula is C13H17ClN2O2S. The smallest absolute Gasteiger partial charge is 0.380 e. The van der Waals surface area contributed by atoms with Crippen molar-refractivity contribution in [1.82, 2.24) is 4.31 Å². The topological polar surface area (TPSA) is 43.8 Å². The number of aryl methyl sites for hydroxylation is 1. The molecule has 4 nitrogen and oxygen atoms in total. The van der Waals surface area contributed by atoms with Gasteiger partial charge in [0.05, 0.1) is 0 Å². The first kappa shape index (κ1) is 14.5. The molecule has 1 saturated heterocycles. The molecule has 1 aliphatic heterocycles. The molecule has 1 N–H and O–H groups in total. The molecule has 19 heavy (non-hydrogen) atoms. The quantitative estimate of drug-likeness (QED) is 0.847. The fourth-order valence-corrected chi connectivity index (χ4v) is 2.97. The van der Waals surface area contributed by atoms with Gasteiger partial charge in [0.25, 0.3) is 0 Å². The van der Waals surface area contributed by atoms with Crippen LogP contribution in [0.3, 0.4) is 0 Å². The third-order valence-corrected chi connectivity index (χ3v) is 4.63. The van der Waals surface area contributed by atoms with Gasteiger partial charge in [-0.05, 0) is 37.6 Å². The zero-order chi connectivity index (χ0) is 14.0. The van der Waals surface area contributed by atoms with Crippen LogP contribution in [0, 0.1) is 6.92 Å². The molecule has 1 aliphatic rings. The summed E-state index contributed by atoms with van der Waals surface area (Å²) in [6.45, 7) is 6.42. The van der Waals surface area contributed by atoms with E-state index in [4.69, 9.17) is 16.7 Å². The van der Waals surface area contributed by atoms with Gasteiger partial charge in [0.2, 0.25) is 0 Å². The second kappa shape index (κ2) is 6.03. The maximum absolute atomic E-state index is 10.7. The maximum Gasteiger partial charge on any atom is 0.380 e. The third-order valence-electron chi connectivity index (χ3n) is 3.27. The largest absolute Gasteiger partial charge is 0.472 e. The van der Waals surface area contributed by atoms with E-state index in [1.807, 2.05) is 30.3 Å².